The molecule has 1 aromatic carbocycles. The van der Waals surface area contributed by atoms with Gasteiger partial charge in [-0.25, -0.2) is 8.42 Å². The van der Waals surface area contributed by atoms with Crippen LogP contribution in [0.1, 0.15) is 11.3 Å². The lowest BCUT2D eigenvalue weighted by atomic mass is 10.1. The summed E-state index contributed by atoms with van der Waals surface area (Å²) in [4.78, 5) is 18.6. The molecule has 3 rings (SSSR count). The molecule has 12 heteroatoms. The lowest BCUT2D eigenvalue weighted by molar-refractivity contribution is -0.385. The molecule has 0 radical (unpaired) electrons. The second-order valence-corrected chi connectivity index (χ2v) is 9.71. The summed E-state index contributed by atoms with van der Waals surface area (Å²) in [5, 5.41) is 30.3. The zero-order valence-electron chi connectivity index (χ0n) is 18.5. The van der Waals surface area contributed by atoms with Crippen LogP contribution in [0.15, 0.2) is 41.4 Å². The zero-order chi connectivity index (χ0) is 24.0. The van der Waals surface area contributed by atoms with E-state index in [9.17, 15) is 28.7 Å². The molecule has 1 aromatic heterocycles. The van der Waals surface area contributed by atoms with E-state index < -0.39 is 14.9 Å². The molecule has 2 aromatic rings. The van der Waals surface area contributed by atoms with Crippen molar-refractivity contribution in [1.29, 1.82) is 0 Å². The molecule has 0 spiro atoms. The first kappa shape index (κ1) is 25.0. The number of hydrogen-bond donors (Lipinski definition) is 2. The second-order valence-electron chi connectivity index (χ2n) is 7.80. The van der Waals surface area contributed by atoms with Crippen molar-refractivity contribution in [3.05, 3.63) is 57.9 Å². The van der Waals surface area contributed by atoms with E-state index in [1.165, 1.54) is 10.4 Å². The number of nitrogens with zero attached hydrogens (tertiary/aromatic N) is 5. The highest BCUT2D eigenvalue weighted by Crippen LogP contribution is 2.35. The van der Waals surface area contributed by atoms with Crippen molar-refractivity contribution in [2.24, 2.45) is 0 Å². The van der Waals surface area contributed by atoms with Crippen LogP contribution in [0.25, 0.3) is 0 Å². The Kier molecular flexibility index (Phi) is 8.32. The Morgan fingerprint density at radius 3 is 2.33 bits per heavy atom. The summed E-state index contributed by atoms with van der Waals surface area (Å²) in [5.41, 5.74) is 1.23. The van der Waals surface area contributed by atoms with Gasteiger partial charge in [0.1, 0.15) is 4.90 Å². The van der Waals surface area contributed by atoms with E-state index in [2.05, 4.69) is 9.88 Å². The Balaban J connectivity index is 1.90. The maximum Gasteiger partial charge on any atom is 0.271 e. The summed E-state index contributed by atoms with van der Waals surface area (Å²) >= 11 is 0. The van der Waals surface area contributed by atoms with Gasteiger partial charge < -0.3 is 15.1 Å². The summed E-state index contributed by atoms with van der Waals surface area (Å²) in [7, 11) is -4.07. The number of aryl methyl sites for hydroxylation is 1. The molecule has 1 aliphatic heterocycles. The molecule has 0 atom stereocenters. The molecule has 0 unspecified atom stereocenters. The number of piperazine rings is 1. The average Bonchev–Trinajstić information content (AvgIpc) is 2.79. The molecular weight excluding hydrogens is 450 g/mol. The number of anilines is 1. The first-order valence-electron chi connectivity index (χ1n) is 10.7. The number of nitro groups is 1. The fourth-order valence-corrected chi connectivity index (χ4v) is 5.73. The Bertz CT molecular complexity index is 1050. The SMILES string of the molecule is Cc1cc([N+](=O)[O-])cc(S(=O)(=O)N2CCN(Cc3ccccn3)CC2)c1N(CCO)CCO. The minimum atomic E-state index is -4.07. The first-order chi connectivity index (χ1) is 15.8. The Hall–Kier alpha value is -2.64. The molecule has 0 bridgehead atoms. The van der Waals surface area contributed by atoms with Gasteiger partial charge >= 0.3 is 0 Å². The number of pyridine rings is 1. The van der Waals surface area contributed by atoms with Gasteiger partial charge in [0.25, 0.3) is 5.69 Å². The lowest BCUT2D eigenvalue weighted by Crippen LogP contribution is -2.48. The number of aliphatic hydroxyl groups is 2. The molecule has 1 fully saturated rings. The van der Waals surface area contributed by atoms with Crippen molar-refractivity contribution in [3.8, 4) is 0 Å². The highest BCUT2D eigenvalue weighted by Gasteiger charge is 2.34. The predicted octanol–water partition coefficient (Wildman–Crippen LogP) is 0.596. The van der Waals surface area contributed by atoms with E-state index in [-0.39, 0.29) is 55.7 Å². The molecule has 1 aliphatic rings. The highest BCUT2D eigenvalue weighted by molar-refractivity contribution is 7.89. The Labute approximate surface area is 193 Å². The minimum Gasteiger partial charge on any atom is -0.395 e. The first-order valence-corrected chi connectivity index (χ1v) is 12.1. The van der Waals surface area contributed by atoms with Crippen LogP contribution >= 0.6 is 0 Å². The molecular formula is C21H29N5O6S. The molecule has 11 nitrogen and oxygen atoms in total. The monoisotopic (exact) mass is 479 g/mol. The molecule has 0 amide bonds. The zero-order valence-corrected chi connectivity index (χ0v) is 19.3. The normalized spacial score (nSPS) is 15.5. The van der Waals surface area contributed by atoms with Crippen LogP contribution in [0.4, 0.5) is 11.4 Å². The van der Waals surface area contributed by atoms with Crippen molar-refractivity contribution in [1.82, 2.24) is 14.2 Å². The van der Waals surface area contributed by atoms with Crippen molar-refractivity contribution < 1.29 is 23.6 Å². The van der Waals surface area contributed by atoms with Gasteiger partial charge in [0, 0.05) is 64.1 Å². The van der Waals surface area contributed by atoms with Crippen LogP contribution < -0.4 is 4.90 Å². The number of non-ortho nitro benzene ring substituents is 1. The van der Waals surface area contributed by atoms with Gasteiger partial charge in [-0.3, -0.25) is 20.0 Å². The average molecular weight is 480 g/mol. The maximum atomic E-state index is 13.6. The fraction of sp³-hybridized carbons (Fsp3) is 0.476. The Morgan fingerprint density at radius 2 is 1.79 bits per heavy atom. The van der Waals surface area contributed by atoms with E-state index in [1.54, 1.807) is 18.0 Å². The number of aliphatic hydroxyl groups excluding tert-OH is 2. The van der Waals surface area contributed by atoms with Gasteiger partial charge in [-0.05, 0) is 24.6 Å². The third-order valence-electron chi connectivity index (χ3n) is 5.58. The van der Waals surface area contributed by atoms with Crippen LogP contribution in [0.2, 0.25) is 0 Å². The standard InChI is InChI=1S/C21H29N5O6S/c1-17-14-19(26(29)30)15-20(21(17)24(10-12-27)11-13-28)33(31,32)25-8-6-23(7-9-25)16-18-4-2-3-5-22-18/h2-5,14-15,27-28H,6-13,16H2,1H3. The molecule has 0 aliphatic carbocycles. The number of hydrogen-bond acceptors (Lipinski definition) is 9. The third kappa shape index (κ3) is 5.84. The Morgan fingerprint density at radius 1 is 1.12 bits per heavy atom. The quantitative estimate of drug-likeness (QED) is 0.370. The molecule has 33 heavy (non-hydrogen) atoms. The largest absolute Gasteiger partial charge is 0.395 e. The van der Waals surface area contributed by atoms with Gasteiger partial charge in [-0.2, -0.15) is 4.31 Å². The van der Waals surface area contributed by atoms with Crippen molar-refractivity contribution >= 4 is 21.4 Å². The summed E-state index contributed by atoms with van der Waals surface area (Å²) < 4.78 is 28.6. The number of sulfonamides is 1. The smallest absolute Gasteiger partial charge is 0.271 e. The van der Waals surface area contributed by atoms with Gasteiger partial charge in [0.2, 0.25) is 10.0 Å². The van der Waals surface area contributed by atoms with Crippen LogP contribution in [0.3, 0.4) is 0 Å². The van der Waals surface area contributed by atoms with Crippen molar-refractivity contribution in [2.75, 3.05) is 57.4 Å². The summed E-state index contributed by atoms with van der Waals surface area (Å²) in [5.74, 6) is 0. The van der Waals surface area contributed by atoms with Gasteiger partial charge in [-0.1, -0.05) is 6.07 Å². The van der Waals surface area contributed by atoms with Gasteiger partial charge in [-0.15, -0.1) is 0 Å². The van der Waals surface area contributed by atoms with E-state index in [0.29, 0.717) is 25.2 Å². The van der Waals surface area contributed by atoms with E-state index in [4.69, 9.17) is 0 Å². The van der Waals surface area contributed by atoms with Crippen LogP contribution in [-0.2, 0) is 16.6 Å². The van der Waals surface area contributed by atoms with Gasteiger partial charge in [0.05, 0.1) is 29.5 Å². The second kappa shape index (κ2) is 11.0. The van der Waals surface area contributed by atoms with Crippen molar-refractivity contribution in [3.63, 3.8) is 0 Å². The molecule has 2 N–H and O–H groups in total. The fourth-order valence-electron chi connectivity index (χ4n) is 4.00. The van der Waals surface area contributed by atoms with Crippen LogP contribution in [0, 0.1) is 17.0 Å². The third-order valence-corrected chi connectivity index (χ3v) is 7.49. The predicted molar refractivity (Wildman–Crippen MR) is 122 cm³/mol. The minimum absolute atomic E-state index is 0.0829. The summed E-state index contributed by atoms with van der Waals surface area (Å²) in [6, 6.07) is 8.03. The van der Waals surface area contributed by atoms with E-state index >= 15 is 0 Å². The lowest BCUT2D eigenvalue weighted by Gasteiger charge is -2.35. The van der Waals surface area contributed by atoms with E-state index in [0.717, 1.165) is 11.8 Å². The molecule has 1 saturated heterocycles. The number of nitro benzene ring substituents is 1. The van der Waals surface area contributed by atoms with Crippen molar-refractivity contribution in [2.45, 2.75) is 18.4 Å². The van der Waals surface area contributed by atoms with E-state index in [1.807, 2.05) is 18.2 Å². The molecule has 2 heterocycles. The molecule has 180 valence electrons. The number of benzene rings is 1. The number of rotatable bonds is 10. The van der Waals surface area contributed by atoms with Crippen LogP contribution in [0.5, 0.6) is 0 Å². The summed E-state index contributed by atoms with van der Waals surface area (Å²) in [6.07, 6.45) is 1.72. The number of aromatic nitrogens is 1. The maximum absolute atomic E-state index is 13.6. The summed E-state index contributed by atoms with van der Waals surface area (Å²) in [6.45, 7) is 3.30. The molecule has 0 saturated carbocycles. The van der Waals surface area contributed by atoms with Gasteiger partial charge in [0.15, 0.2) is 0 Å². The highest BCUT2D eigenvalue weighted by atomic mass is 32.2. The van der Waals surface area contributed by atoms with Crippen LogP contribution in [-0.4, -0.2) is 90.2 Å². The topological polar surface area (TPSA) is 140 Å².